The van der Waals surface area contributed by atoms with Crippen molar-refractivity contribution >= 4 is 17.2 Å². The smallest absolute Gasteiger partial charge is 0.222 e. The van der Waals surface area contributed by atoms with Crippen molar-refractivity contribution in [2.24, 2.45) is 0 Å². The van der Waals surface area contributed by atoms with Gasteiger partial charge in [0.1, 0.15) is 0 Å². The van der Waals surface area contributed by atoms with E-state index in [4.69, 9.17) is 0 Å². The summed E-state index contributed by atoms with van der Waals surface area (Å²) in [6, 6.07) is 12.2. The first-order valence-corrected chi connectivity index (χ1v) is 11.0. The van der Waals surface area contributed by atoms with E-state index in [-0.39, 0.29) is 11.9 Å². The Hall–Kier alpha value is -2.64. The van der Waals surface area contributed by atoms with Crippen LogP contribution in [0.4, 0.5) is 0 Å². The molecule has 150 valence electrons. The third kappa shape index (κ3) is 5.25. The lowest BCUT2D eigenvalue weighted by Gasteiger charge is -2.27. The zero-order valence-electron chi connectivity index (χ0n) is 16.3. The number of hydrogen-bond acceptors (Lipinski definition) is 6. The molecule has 1 aromatic carbocycles. The zero-order valence-corrected chi connectivity index (χ0v) is 17.1. The zero-order chi connectivity index (χ0) is 19.9. The molecule has 3 heterocycles. The molecule has 7 heteroatoms. The van der Waals surface area contributed by atoms with Gasteiger partial charge >= 0.3 is 0 Å². The highest BCUT2D eigenvalue weighted by molar-refractivity contribution is 7.13. The van der Waals surface area contributed by atoms with Crippen LogP contribution in [-0.2, 0) is 11.3 Å². The summed E-state index contributed by atoms with van der Waals surface area (Å²) in [5.41, 5.74) is 2.15. The van der Waals surface area contributed by atoms with E-state index in [0.29, 0.717) is 25.3 Å². The van der Waals surface area contributed by atoms with E-state index in [1.54, 1.807) is 29.8 Å². The molecule has 4 rings (SSSR count). The highest BCUT2D eigenvalue weighted by Gasteiger charge is 2.22. The number of likely N-dealkylation sites (tertiary alicyclic amines) is 1. The number of nitrogens with zero attached hydrogens (tertiary/aromatic N) is 4. The summed E-state index contributed by atoms with van der Waals surface area (Å²) in [7, 11) is 0. The number of benzene rings is 1. The quantitative estimate of drug-likeness (QED) is 0.644. The van der Waals surface area contributed by atoms with E-state index < -0.39 is 0 Å². The van der Waals surface area contributed by atoms with Crippen LogP contribution in [0.1, 0.15) is 43.0 Å². The molecule has 1 saturated heterocycles. The lowest BCUT2D eigenvalue weighted by molar-refractivity contribution is -0.131. The average Bonchev–Trinajstić information content (AvgIpc) is 3.16. The first-order valence-electron chi connectivity index (χ1n) is 10.1. The normalized spacial score (nSPS) is 15.9. The van der Waals surface area contributed by atoms with Crippen molar-refractivity contribution in [3.05, 3.63) is 65.4 Å². The lowest BCUT2D eigenvalue weighted by Crippen LogP contribution is -2.38. The van der Waals surface area contributed by atoms with E-state index in [2.05, 4.69) is 32.4 Å². The van der Waals surface area contributed by atoms with E-state index in [1.165, 1.54) is 5.56 Å². The van der Waals surface area contributed by atoms with Crippen LogP contribution in [-0.4, -0.2) is 38.8 Å². The minimum Gasteiger partial charge on any atom is -0.341 e. The van der Waals surface area contributed by atoms with E-state index in [1.807, 2.05) is 28.5 Å². The van der Waals surface area contributed by atoms with Gasteiger partial charge in [0.05, 0.1) is 11.7 Å². The van der Waals surface area contributed by atoms with Gasteiger partial charge in [0.25, 0.3) is 0 Å². The summed E-state index contributed by atoms with van der Waals surface area (Å²) < 4.78 is 0. The Morgan fingerprint density at radius 2 is 1.90 bits per heavy atom. The largest absolute Gasteiger partial charge is 0.341 e. The van der Waals surface area contributed by atoms with Gasteiger partial charge in [-0.15, -0.1) is 11.3 Å². The molecule has 1 N–H and O–H groups in total. The van der Waals surface area contributed by atoms with Crippen molar-refractivity contribution in [3.8, 4) is 10.8 Å². The van der Waals surface area contributed by atoms with Crippen molar-refractivity contribution in [2.45, 2.75) is 38.3 Å². The number of nitrogens with one attached hydrogen (secondary N) is 1. The molecule has 6 nitrogen and oxygen atoms in total. The van der Waals surface area contributed by atoms with Crippen molar-refractivity contribution in [1.82, 2.24) is 25.2 Å². The number of carbonyl (C=O) groups excluding carboxylic acids is 1. The maximum atomic E-state index is 12.5. The summed E-state index contributed by atoms with van der Waals surface area (Å²) in [6.45, 7) is 2.16. The summed E-state index contributed by atoms with van der Waals surface area (Å²) in [5.74, 6) is 0.918. The Morgan fingerprint density at radius 1 is 1.07 bits per heavy atom. The number of aromatic nitrogens is 3. The number of amides is 1. The predicted octanol–water partition coefficient (Wildman–Crippen LogP) is 3.83. The van der Waals surface area contributed by atoms with Crippen LogP contribution in [0.5, 0.6) is 0 Å². The third-order valence-electron chi connectivity index (χ3n) is 5.11. The molecule has 1 amide bonds. The topological polar surface area (TPSA) is 71.0 Å². The van der Waals surface area contributed by atoms with Gasteiger partial charge in [-0.1, -0.05) is 36.8 Å². The van der Waals surface area contributed by atoms with Gasteiger partial charge in [0, 0.05) is 43.8 Å². The van der Waals surface area contributed by atoms with E-state index >= 15 is 0 Å². The molecule has 1 aliphatic heterocycles. The number of carbonyl (C=O) groups is 1. The van der Waals surface area contributed by atoms with E-state index in [9.17, 15) is 4.79 Å². The van der Waals surface area contributed by atoms with Gasteiger partial charge in [-0.05, 0) is 24.5 Å². The van der Waals surface area contributed by atoms with Gasteiger partial charge < -0.3 is 10.2 Å². The lowest BCUT2D eigenvalue weighted by atomic mass is 10.1. The second-order valence-corrected chi connectivity index (χ2v) is 8.07. The first kappa shape index (κ1) is 19.7. The molecule has 1 aliphatic rings. The minimum absolute atomic E-state index is 0.0661. The maximum Gasteiger partial charge on any atom is 0.222 e. The summed E-state index contributed by atoms with van der Waals surface area (Å²) >= 11 is 1.55. The minimum atomic E-state index is 0.0661. The van der Waals surface area contributed by atoms with Gasteiger partial charge in [-0.2, -0.15) is 0 Å². The maximum absolute atomic E-state index is 12.5. The summed E-state index contributed by atoms with van der Waals surface area (Å²) in [5, 5.41) is 6.48. The molecule has 0 spiro atoms. The second-order valence-electron chi connectivity index (χ2n) is 7.21. The number of hydrogen-bond donors (Lipinski definition) is 1. The van der Waals surface area contributed by atoms with Crippen LogP contribution in [0.25, 0.3) is 10.8 Å². The second kappa shape index (κ2) is 9.71. The molecule has 3 aromatic rings. The van der Waals surface area contributed by atoms with Crippen molar-refractivity contribution in [2.75, 3.05) is 13.1 Å². The van der Waals surface area contributed by atoms with Gasteiger partial charge in [-0.3, -0.25) is 4.79 Å². The summed E-state index contributed by atoms with van der Waals surface area (Å²) in [4.78, 5) is 27.7. The Labute approximate surface area is 175 Å². The molecule has 0 saturated carbocycles. The Bertz CT molecular complexity index is 915. The molecule has 0 aliphatic carbocycles. The molecule has 2 aromatic heterocycles. The Kier molecular flexibility index (Phi) is 6.59. The Balaban J connectivity index is 1.46. The first-order chi connectivity index (χ1) is 14.3. The van der Waals surface area contributed by atoms with E-state index in [0.717, 1.165) is 36.5 Å². The number of thiazole rings is 1. The molecule has 1 atom stereocenters. The predicted molar refractivity (Wildman–Crippen MR) is 114 cm³/mol. The van der Waals surface area contributed by atoms with Gasteiger partial charge in [0.2, 0.25) is 5.91 Å². The fourth-order valence-corrected chi connectivity index (χ4v) is 4.32. The molecule has 1 fully saturated rings. The average molecular weight is 408 g/mol. The van der Waals surface area contributed by atoms with Crippen LogP contribution in [0, 0.1) is 0 Å². The van der Waals surface area contributed by atoms with Crippen molar-refractivity contribution in [1.29, 1.82) is 0 Å². The van der Waals surface area contributed by atoms with Gasteiger partial charge in [-0.25, -0.2) is 15.0 Å². The highest BCUT2D eigenvalue weighted by atomic mass is 32.1. The van der Waals surface area contributed by atoms with Crippen molar-refractivity contribution in [3.63, 3.8) is 0 Å². The molecular formula is C22H25N5OS. The fraction of sp³-hybridized carbons (Fsp3) is 0.364. The molecule has 1 unspecified atom stereocenters. The van der Waals surface area contributed by atoms with Gasteiger partial charge in [0.15, 0.2) is 10.8 Å². The third-order valence-corrected chi connectivity index (χ3v) is 6.00. The monoisotopic (exact) mass is 407 g/mol. The molecule has 29 heavy (non-hydrogen) atoms. The Morgan fingerprint density at radius 3 is 2.72 bits per heavy atom. The van der Waals surface area contributed by atoms with Crippen LogP contribution in [0.3, 0.4) is 0 Å². The molecular weight excluding hydrogens is 382 g/mol. The molecule has 0 radical (unpaired) electrons. The standard InChI is InChI=1S/C22H25N5OS/c28-20-10-5-2-6-13-27(20)15-19(17-8-3-1-4-9-17)25-14-18-16-29-22(26-18)21-23-11-7-12-24-21/h1,3-4,7-9,11-12,16,19,25H,2,5-6,10,13-15H2. The SMILES string of the molecule is O=C1CCCCCN1CC(NCc1csc(-c2ncccn2)n1)c1ccccc1. The van der Waals surface area contributed by atoms with Crippen LogP contribution < -0.4 is 5.32 Å². The highest BCUT2D eigenvalue weighted by Crippen LogP contribution is 2.22. The number of rotatable bonds is 7. The fourth-order valence-electron chi connectivity index (χ4n) is 3.55. The van der Waals surface area contributed by atoms with Crippen LogP contribution >= 0.6 is 11.3 Å². The van der Waals surface area contributed by atoms with Crippen molar-refractivity contribution < 1.29 is 4.79 Å². The molecule has 0 bridgehead atoms. The summed E-state index contributed by atoms with van der Waals surface area (Å²) in [6.07, 6.45) is 7.33. The van der Waals surface area contributed by atoms with Crippen LogP contribution in [0.15, 0.2) is 54.2 Å². The van der Waals surface area contributed by atoms with Crippen LogP contribution in [0.2, 0.25) is 0 Å².